The summed E-state index contributed by atoms with van der Waals surface area (Å²) in [4.78, 5) is 34.5. The van der Waals surface area contributed by atoms with Gasteiger partial charge in [-0.15, -0.1) is 0 Å². The van der Waals surface area contributed by atoms with Crippen molar-refractivity contribution in [1.29, 1.82) is 0 Å². The summed E-state index contributed by atoms with van der Waals surface area (Å²) in [7, 11) is 0. The van der Waals surface area contributed by atoms with Crippen LogP contribution in [0.15, 0.2) is 0 Å². The van der Waals surface area contributed by atoms with E-state index in [0.29, 0.717) is 0 Å². The van der Waals surface area contributed by atoms with Crippen molar-refractivity contribution in [1.82, 2.24) is 10.2 Å². The molecule has 1 aliphatic carbocycles. The fourth-order valence-electron chi connectivity index (χ4n) is 1.57. The number of urea groups is 1. The van der Waals surface area contributed by atoms with Gasteiger partial charge in [0.05, 0.1) is 0 Å². The predicted octanol–water partition coefficient (Wildman–Crippen LogP) is 0.00740. The quantitative estimate of drug-likeness (QED) is 0.581. The van der Waals surface area contributed by atoms with Crippen molar-refractivity contribution in [3.05, 3.63) is 0 Å². The van der Waals surface area contributed by atoms with E-state index in [-0.39, 0.29) is 18.4 Å². The lowest BCUT2D eigenvalue weighted by atomic mass is 9.91. The van der Waals surface area contributed by atoms with Crippen LogP contribution >= 0.6 is 0 Å². The fraction of sp³-hybridized carbons (Fsp3) is 0.625. The van der Waals surface area contributed by atoms with Crippen LogP contribution in [0.5, 0.6) is 0 Å². The first-order valence-corrected chi connectivity index (χ1v) is 4.34. The molecule has 2 aliphatic rings. The van der Waals surface area contributed by atoms with Crippen LogP contribution in [0.25, 0.3) is 0 Å². The maximum Gasteiger partial charge on any atom is 0.331 e. The molecule has 70 valence electrons. The van der Waals surface area contributed by atoms with E-state index >= 15 is 0 Å². The summed E-state index contributed by atoms with van der Waals surface area (Å²) < 4.78 is 0. The summed E-state index contributed by atoms with van der Waals surface area (Å²) in [5.41, 5.74) is 0. The Morgan fingerprint density at radius 3 is 2.38 bits per heavy atom. The Kier molecular flexibility index (Phi) is 1.79. The van der Waals surface area contributed by atoms with E-state index in [9.17, 15) is 14.4 Å². The molecule has 1 saturated carbocycles. The summed E-state index contributed by atoms with van der Waals surface area (Å²) >= 11 is 0. The molecule has 1 saturated heterocycles. The van der Waals surface area contributed by atoms with Crippen molar-refractivity contribution < 1.29 is 14.4 Å². The molecular weight excluding hydrogens is 172 g/mol. The van der Waals surface area contributed by atoms with E-state index < -0.39 is 11.9 Å². The van der Waals surface area contributed by atoms with Crippen molar-refractivity contribution in [3.8, 4) is 0 Å². The van der Waals surface area contributed by atoms with Crippen molar-refractivity contribution in [2.75, 3.05) is 0 Å². The maximum atomic E-state index is 11.3. The molecule has 5 heteroatoms. The Labute approximate surface area is 75.1 Å². The molecule has 0 spiro atoms. The molecule has 13 heavy (non-hydrogen) atoms. The van der Waals surface area contributed by atoms with E-state index in [0.717, 1.165) is 19.3 Å². The largest absolute Gasteiger partial charge is 0.331 e. The van der Waals surface area contributed by atoms with Crippen molar-refractivity contribution >= 4 is 17.8 Å². The average molecular weight is 182 g/mol. The lowest BCUT2D eigenvalue weighted by Gasteiger charge is -2.37. The third-order valence-electron chi connectivity index (χ3n) is 2.49. The molecule has 0 atom stereocenters. The van der Waals surface area contributed by atoms with Gasteiger partial charge in [0.1, 0.15) is 6.42 Å². The number of barbiturate groups is 1. The second-order valence-corrected chi connectivity index (χ2v) is 3.38. The topological polar surface area (TPSA) is 66.5 Å². The van der Waals surface area contributed by atoms with Crippen LogP contribution in [-0.2, 0) is 9.59 Å². The molecule has 0 aromatic rings. The molecule has 0 aromatic carbocycles. The van der Waals surface area contributed by atoms with Crippen molar-refractivity contribution in [2.45, 2.75) is 31.7 Å². The monoisotopic (exact) mass is 182 g/mol. The van der Waals surface area contributed by atoms with Gasteiger partial charge in [-0.2, -0.15) is 0 Å². The van der Waals surface area contributed by atoms with Gasteiger partial charge in [0, 0.05) is 6.04 Å². The fourth-order valence-corrected chi connectivity index (χ4v) is 1.57. The van der Waals surface area contributed by atoms with Crippen LogP contribution in [-0.4, -0.2) is 28.8 Å². The zero-order chi connectivity index (χ0) is 9.42. The average Bonchev–Trinajstić information content (AvgIpc) is 1.92. The zero-order valence-corrected chi connectivity index (χ0v) is 7.08. The molecule has 0 aromatic heterocycles. The molecule has 1 N–H and O–H groups in total. The Hall–Kier alpha value is -1.39. The number of carbonyl (C=O) groups excluding carboxylic acids is 3. The summed E-state index contributed by atoms with van der Waals surface area (Å²) in [6, 6.07) is -0.522. The Bertz CT molecular complexity index is 263. The third kappa shape index (κ3) is 1.30. The number of amides is 4. The molecule has 0 radical (unpaired) electrons. The number of rotatable bonds is 1. The highest BCUT2D eigenvalue weighted by Gasteiger charge is 2.38. The zero-order valence-electron chi connectivity index (χ0n) is 7.08. The first-order valence-electron chi connectivity index (χ1n) is 4.34. The normalized spacial score (nSPS) is 24.3. The first kappa shape index (κ1) is 8.22. The van der Waals surface area contributed by atoms with Gasteiger partial charge in [-0.1, -0.05) is 0 Å². The molecule has 4 amide bonds. The SMILES string of the molecule is O=C1CC(=O)N(C2CCC2)C(=O)N1. The Morgan fingerprint density at radius 1 is 1.23 bits per heavy atom. The minimum absolute atomic E-state index is 0.0283. The summed E-state index contributed by atoms with van der Waals surface area (Å²) in [6.45, 7) is 0. The predicted molar refractivity (Wildman–Crippen MR) is 42.6 cm³/mol. The molecular formula is C8H10N2O3. The van der Waals surface area contributed by atoms with Crippen molar-refractivity contribution in [2.24, 2.45) is 0 Å². The minimum Gasteiger partial charge on any atom is -0.277 e. The maximum absolute atomic E-state index is 11.3. The van der Waals surface area contributed by atoms with E-state index in [4.69, 9.17) is 0 Å². The molecule has 1 aliphatic heterocycles. The second kappa shape index (κ2) is 2.83. The highest BCUT2D eigenvalue weighted by atomic mass is 16.2. The van der Waals surface area contributed by atoms with Crippen LogP contribution in [0, 0.1) is 0 Å². The number of imide groups is 2. The van der Waals surface area contributed by atoms with Crippen LogP contribution in [0.4, 0.5) is 4.79 Å². The van der Waals surface area contributed by atoms with Gasteiger partial charge in [-0.3, -0.25) is 19.8 Å². The van der Waals surface area contributed by atoms with Gasteiger partial charge in [-0.05, 0) is 19.3 Å². The van der Waals surface area contributed by atoms with E-state index in [1.807, 2.05) is 0 Å². The lowest BCUT2D eigenvalue weighted by molar-refractivity contribution is -0.138. The summed E-state index contributed by atoms with van der Waals surface area (Å²) in [6.07, 6.45) is 2.60. The van der Waals surface area contributed by atoms with E-state index in [2.05, 4.69) is 5.32 Å². The van der Waals surface area contributed by atoms with Gasteiger partial charge >= 0.3 is 6.03 Å². The summed E-state index contributed by atoms with van der Waals surface area (Å²) in [5, 5.41) is 2.14. The lowest BCUT2D eigenvalue weighted by Crippen LogP contribution is -2.58. The van der Waals surface area contributed by atoms with Gasteiger partial charge in [-0.25, -0.2) is 4.79 Å². The third-order valence-corrected chi connectivity index (χ3v) is 2.49. The number of nitrogens with zero attached hydrogens (tertiary/aromatic N) is 1. The number of hydrogen-bond donors (Lipinski definition) is 1. The van der Waals surface area contributed by atoms with Gasteiger partial charge in [0.15, 0.2) is 0 Å². The summed E-state index contributed by atoms with van der Waals surface area (Å²) in [5.74, 6) is -0.857. The smallest absolute Gasteiger partial charge is 0.277 e. The first-order chi connectivity index (χ1) is 6.18. The van der Waals surface area contributed by atoms with Crippen LogP contribution < -0.4 is 5.32 Å². The Balaban J connectivity index is 2.12. The van der Waals surface area contributed by atoms with E-state index in [1.54, 1.807) is 0 Å². The van der Waals surface area contributed by atoms with Gasteiger partial charge in [0.25, 0.3) is 0 Å². The number of carbonyl (C=O) groups is 3. The highest BCUT2D eigenvalue weighted by molar-refractivity contribution is 6.14. The molecule has 2 rings (SSSR count). The van der Waals surface area contributed by atoms with Gasteiger partial charge in [0.2, 0.25) is 11.8 Å². The minimum atomic E-state index is -0.550. The molecule has 2 fully saturated rings. The van der Waals surface area contributed by atoms with Gasteiger partial charge < -0.3 is 0 Å². The molecule has 0 unspecified atom stereocenters. The molecule has 0 bridgehead atoms. The van der Waals surface area contributed by atoms with Crippen LogP contribution in [0.3, 0.4) is 0 Å². The van der Waals surface area contributed by atoms with Crippen molar-refractivity contribution in [3.63, 3.8) is 0 Å². The number of nitrogens with one attached hydrogen (secondary N) is 1. The second-order valence-electron chi connectivity index (χ2n) is 3.38. The van der Waals surface area contributed by atoms with E-state index in [1.165, 1.54) is 4.90 Å². The number of hydrogen-bond acceptors (Lipinski definition) is 3. The standard InChI is InChI=1S/C8H10N2O3/c11-6-4-7(12)10(8(13)9-6)5-2-1-3-5/h5H,1-4H2,(H,9,11,13). The van der Waals surface area contributed by atoms with Crippen LogP contribution in [0.1, 0.15) is 25.7 Å². The van der Waals surface area contributed by atoms with Crippen LogP contribution in [0.2, 0.25) is 0 Å². The molecule has 5 nitrogen and oxygen atoms in total. The molecule has 1 heterocycles. The highest BCUT2D eigenvalue weighted by Crippen LogP contribution is 2.26. The Morgan fingerprint density at radius 2 is 1.92 bits per heavy atom.